The first kappa shape index (κ1) is 24.3. The molecular weight excluding hydrogens is 502 g/mol. The molecular formula is C25H28N3O4S3+. The van der Waals surface area contributed by atoms with Crippen molar-refractivity contribution < 1.29 is 22.9 Å². The van der Waals surface area contributed by atoms with Gasteiger partial charge in [-0.1, -0.05) is 36.4 Å². The fraction of sp³-hybridized carbons (Fsp3) is 0.360. The summed E-state index contributed by atoms with van der Waals surface area (Å²) >= 11 is 2.75. The van der Waals surface area contributed by atoms with E-state index in [2.05, 4.69) is 5.32 Å². The molecule has 2 N–H and O–H groups in total. The van der Waals surface area contributed by atoms with E-state index in [1.165, 1.54) is 31.9 Å². The maximum atomic E-state index is 13.4. The van der Waals surface area contributed by atoms with Crippen molar-refractivity contribution in [1.29, 1.82) is 0 Å². The third-order valence-corrected chi connectivity index (χ3v) is 11.1. The molecule has 2 aromatic heterocycles. The molecule has 184 valence electrons. The van der Waals surface area contributed by atoms with Gasteiger partial charge in [-0.3, -0.25) is 9.59 Å². The number of rotatable bonds is 7. The van der Waals surface area contributed by atoms with Gasteiger partial charge in [-0.2, -0.15) is 4.31 Å². The van der Waals surface area contributed by atoms with Crippen molar-refractivity contribution >= 4 is 49.4 Å². The molecule has 1 aliphatic heterocycles. The van der Waals surface area contributed by atoms with E-state index < -0.39 is 10.0 Å². The summed E-state index contributed by atoms with van der Waals surface area (Å²) in [6.45, 7) is 2.14. The van der Waals surface area contributed by atoms with Gasteiger partial charge >= 0.3 is 0 Å². The predicted molar refractivity (Wildman–Crippen MR) is 138 cm³/mol. The lowest BCUT2D eigenvalue weighted by atomic mass is 9.92. The van der Waals surface area contributed by atoms with Crippen molar-refractivity contribution in [2.75, 3.05) is 38.0 Å². The number of hydrogen-bond acceptors (Lipinski definition) is 6. The molecule has 0 bridgehead atoms. The highest BCUT2D eigenvalue weighted by Crippen LogP contribution is 2.39. The fourth-order valence-electron chi connectivity index (χ4n) is 4.78. The quantitative estimate of drug-likeness (QED) is 0.460. The Morgan fingerprint density at radius 2 is 1.74 bits per heavy atom. The first-order chi connectivity index (χ1) is 16.9. The Kier molecular flexibility index (Phi) is 7.17. The van der Waals surface area contributed by atoms with Gasteiger partial charge in [-0.25, -0.2) is 8.42 Å². The van der Waals surface area contributed by atoms with Crippen molar-refractivity contribution in [1.82, 2.24) is 4.31 Å². The van der Waals surface area contributed by atoms with Crippen LogP contribution in [-0.4, -0.2) is 57.1 Å². The van der Waals surface area contributed by atoms with Crippen LogP contribution in [0.2, 0.25) is 0 Å². The molecule has 1 aliphatic carbocycles. The number of carbonyl (C=O) groups excluding carboxylic acids is 2. The smallest absolute Gasteiger partial charge is 0.280 e. The third kappa shape index (κ3) is 5.12. The van der Waals surface area contributed by atoms with E-state index >= 15 is 0 Å². The van der Waals surface area contributed by atoms with Crippen LogP contribution in [0, 0.1) is 0 Å². The molecule has 7 nitrogen and oxygen atoms in total. The number of fused-ring (bicyclic) bond motifs is 1. The number of nitrogens with zero attached hydrogens (tertiary/aromatic N) is 1. The monoisotopic (exact) mass is 530 g/mol. The minimum absolute atomic E-state index is 0.0416. The fourth-order valence-corrected chi connectivity index (χ4v) is 8.67. The molecule has 35 heavy (non-hydrogen) atoms. The summed E-state index contributed by atoms with van der Waals surface area (Å²) in [5.74, 6) is -0.185. The predicted octanol–water partition coefficient (Wildman–Crippen LogP) is 2.45. The lowest BCUT2D eigenvalue weighted by molar-refractivity contribution is -0.895. The van der Waals surface area contributed by atoms with Crippen LogP contribution in [0.3, 0.4) is 0 Å². The Labute approximate surface area is 213 Å². The molecule has 3 heterocycles. The largest absolute Gasteiger partial charge is 0.325 e. The van der Waals surface area contributed by atoms with Crippen LogP contribution < -0.4 is 10.2 Å². The first-order valence-corrected chi connectivity index (χ1v) is 15.0. The number of nitrogens with one attached hydrogen (secondary N) is 2. The molecule has 1 amide bonds. The number of thiophene rings is 2. The summed E-state index contributed by atoms with van der Waals surface area (Å²) in [5.41, 5.74) is 2.36. The highest BCUT2D eigenvalue weighted by molar-refractivity contribution is 7.91. The maximum Gasteiger partial charge on any atom is 0.280 e. The van der Waals surface area contributed by atoms with Crippen LogP contribution in [0.25, 0.3) is 0 Å². The summed E-state index contributed by atoms with van der Waals surface area (Å²) in [5, 5.41) is 5.45. The van der Waals surface area contributed by atoms with Crippen LogP contribution in [0.15, 0.2) is 52.1 Å². The normalized spacial score (nSPS) is 17.1. The molecule has 0 atom stereocenters. The maximum absolute atomic E-state index is 13.4. The zero-order valence-corrected chi connectivity index (χ0v) is 21.7. The van der Waals surface area contributed by atoms with Crippen LogP contribution in [0.1, 0.15) is 39.2 Å². The second kappa shape index (κ2) is 10.3. The average molecular weight is 531 g/mol. The summed E-state index contributed by atoms with van der Waals surface area (Å²) in [6, 6.07) is 12.6. The van der Waals surface area contributed by atoms with Gasteiger partial charge in [0, 0.05) is 10.4 Å². The molecule has 1 fully saturated rings. The van der Waals surface area contributed by atoms with E-state index in [4.69, 9.17) is 0 Å². The summed E-state index contributed by atoms with van der Waals surface area (Å²) in [4.78, 5) is 28.6. The number of amides is 1. The molecule has 3 aromatic rings. The number of sulfonamides is 1. The molecule has 0 saturated carbocycles. The molecule has 0 unspecified atom stereocenters. The van der Waals surface area contributed by atoms with E-state index in [0.717, 1.165) is 36.1 Å². The number of benzene rings is 1. The van der Waals surface area contributed by atoms with Gasteiger partial charge in [-0.15, -0.1) is 22.7 Å². The van der Waals surface area contributed by atoms with Crippen molar-refractivity contribution in [3.63, 3.8) is 0 Å². The van der Waals surface area contributed by atoms with Crippen molar-refractivity contribution in [3.05, 3.63) is 69.4 Å². The highest BCUT2D eigenvalue weighted by Gasteiger charge is 2.32. The molecule has 0 spiro atoms. The zero-order chi connectivity index (χ0) is 24.4. The van der Waals surface area contributed by atoms with Gasteiger partial charge in [-0.05, 0) is 42.7 Å². The lowest BCUT2D eigenvalue weighted by Gasteiger charge is -2.30. The zero-order valence-electron chi connectivity index (χ0n) is 19.3. The topological polar surface area (TPSA) is 88.0 Å². The average Bonchev–Trinajstić information content (AvgIpc) is 3.53. The highest BCUT2D eigenvalue weighted by atomic mass is 32.2. The summed E-state index contributed by atoms with van der Waals surface area (Å²) in [7, 11) is -3.46. The Balaban J connectivity index is 1.26. The third-order valence-electron chi connectivity index (χ3n) is 6.62. The summed E-state index contributed by atoms with van der Waals surface area (Å²) in [6.07, 6.45) is 3.95. The second-order valence-corrected chi connectivity index (χ2v) is 13.1. The number of anilines is 1. The first-order valence-electron chi connectivity index (χ1n) is 11.8. The van der Waals surface area contributed by atoms with Crippen LogP contribution >= 0.6 is 22.7 Å². The number of piperazine rings is 1. The Bertz CT molecular complexity index is 1310. The van der Waals surface area contributed by atoms with Crippen molar-refractivity contribution in [3.8, 4) is 0 Å². The van der Waals surface area contributed by atoms with E-state index in [1.54, 1.807) is 17.5 Å². The van der Waals surface area contributed by atoms with Crippen LogP contribution in [0.4, 0.5) is 5.00 Å². The van der Waals surface area contributed by atoms with Gasteiger partial charge < -0.3 is 10.2 Å². The van der Waals surface area contributed by atoms with Gasteiger partial charge in [0.15, 0.2) is 12.3 Å². The minimum atomic E-state index is -3.46. The second-order valence-electron chi connectivity index (χ2n) is 8.92. The lowest BCUT2D eigenvalue weighted by Crippen LogP contribution is -3.15. The Morgan fingerprint density at radius 1 is 1.00 bits per heavy atom. The van der Waals surface area contributed by atoms with E-state index in [1.807, 2.05) is 30.3 Å². The van der Waals surface area contributed by atoms with E-state index in [-0.39, 0.29) is 18.2 Å². The van der Waals surface area contributed by atoms with Crippen molar-refractivity contribution in [2.24, 2.45) is 0 Å². The van der Waals surface area contributed by atoms with Gasteiger partial charge in [0.2, 0.25) is 0 Å². The number of carbonyl (C=O) groups is 2. The SMILES string of the molecule is O=C(C[NH+]1CCN(S(=O)(=O)c2cccs2)CC1)Nc1sc2c(c1C(=O)c1ccccc1)CCCC2. The Hall–Kier alpha value is -2.37. The van der Waals surface area contributed by atoms with Crippen LogP contribution in [0.5, 0.6) is 0 Å². The summed E-state index contributed by atoms with van der Waals surface area (Å²) < 4.78 is 27.4. The number of ketones is 1. The molecule has 10 heteroatoms. The van der Waals surface area contributed by atoms with Gasteiger partial charge in [0.1, 0.15) is 9.21 Å². The standard InChI is InChI=1S/C25H27N3O4S3/c29-21(17-27-12-14-28(15-13-27)35(31,32)22-11-6-16-33-22)26-25-23(19-9-4-5-10-20(19)34-25)24(30)18-7-2-1-3-8-18/h1-3,6-8,11,16H,4-5,9-10,12-15,17H2,(H,26,29)/p+1. The van der Waals surface area contributed by atoms with Gasteiger partial charge in [0.25, 0.3) is 15.9 Å². The molecule has 5 rings (SSSR count). The van der Waals surface area contributed by atoms with Crippen LogP contribution in [-0.2, 0) is 27.7 Å². The molecule has 1 saturated heterocycles. The molecule has 1 aromatic carbocycles. The molecule has 2 aliphatic rings. The van der Waals surface area contributed by atoms with Crippen molar-refractivity contribution in [2.45, 2.75) is 29.9 Å². The molecule has 0 radical (unpaired) electrons. The van der Waals surface area contributed by atoms with Gasteiger partial charge in [0.05, 0.1) is 31.7 Å². The number of quaternary nitrogens is 1. The number of hydrogen-bond donors (Lipinski definition) is 2. The number of aryl methyl sites for hydroxylation is 1. The Morgan fingerprint density at radius 3 is 2.46 bits per heavy atom. The van der Waals surface area contributed by atoms with E-state index in [0.29, 0.717) is 46.5 Å². The van der Waals surface area contributed by atoms with E-state index in [9.17, 15) is 18.0 Å². The minimum Gasteiger partial charge on any atom is -0.325 e.